The summed E-state index contributed by atoms with van der Waals surface area (Å²) < 4.78 is 0. The van der Waals surface area contributed by atoms with Crippen molar-refractivity contribution < 1.29 is 0 Å². The first kappa shape index (κ1) is 15.7. The SMILES string of the molecule is C=C1C(N2CC/C(=C/CCN)C2)=C/C=N\N/C=C\1c1nccs1. The Balaban J connectivity index is 1.84. The van der Waals surface area contributed by atoms with Crippen LogP contribution in [0.15, 0.2) is 58.5 Å². The third kappa shape index (κ3) is 3.60. The van der Waals surface area contributed by atoms with Crippen LogP contribution < -0.4 is 11.2 Å². The van der Waals surface area contributed by atoms with E-state index in [-0.39, 0.29) is 0 Å². The van der Waals surface area contributed by atoms with E-state index in [0.717, 1.165) is 47.8 Å². The number of allylic oxidation sites excluding steroid dienone is 2. The summed E-state index contributed by atoms with van der Waals surface area (Å²) in [4.78, 5) is 6.76. The highest BCUT2D eigenvalue weighted by atomic mass is 32.1. The number of hydrogen-bond acceptors (Lipinski definition) is 6. The Labute approximate surface area is 140 Å². The van der Waals surface area contributed by atoms with Crippen LogP contribution in [-0.4, -0.2) is 35.7 Å². The van der Waals surface area contributed by atoms with Crippen molar-refractivity contribution in [1.29, 1.82) is 0 Å². The molecule has 1 saturated heterocycles. The van der Waals surface area contributed by atoms with E-state index in [1.54, 1.807) is 17.6 Å². The topological polar surface area (TPSA) is 66.5 Å². The molecule has 0 radical (unpaired) electrons. The number of nitrogens with one attached hydrogen (secondary N) is 1. The molecule has 0 spiro atoms. The third-order valence-electron chi connectivity index (χ3n) is 3.92. The molecular formula is C17H21N5S. The maximum Gasteiger partial charge on any atom is 0.125 e. The van der Waals surface area contributed by atoms with Crippen LogP contribution in [0.25, 0.3) is 5.57 Å². The molecule has 0 saturated carbocycles. The number of nitrogens with two attached hydrogens (primary N) is 1. The van der Waals surface area contributed by atoms with Gasteiger partial charge in [0.15, 0.2) is 0 Å². The van der Waals surface area contributed by atoms with Gasteiger partial charge in [-0.05, 0) is 25.5 Å². The monoisotopic (exact) mass is 327 g/mol. The number of likely N-dealkylation sites (tertiary alicyclic amines) is 1. The van der Waals surface area contributed by atoms with Crippen molar-refractivity contribution in [2.24, 2.45) is 10.8 Å². The maximum absolute atomic E-state index is 5.60. The molecule has 1 aromatic rings. The molecule has 0 amide bonds. The van der Waals surface area contributed by atoms with Gasteiger partial charge in [-0.15, -0.1) is 11.3 Å². The molecule has 0 atom stereocenters. The Morgan fingerprint density at radius 1 is 1.48 bits per heavy atom. The Morgan fingerprint density at radius 2 is 2.39 bits per heavy atom. The highest BCUT2D eigenvalue weighted by molar-refractivity contribution is 7.10. The molecule has 5 nitrogen and oxygen atoms in total. The molecule has 0 unspecified atom stereocenters. The van der Waals surface area contributed by atoms with Crippen molar-refractivity contribution in [2.75, 3.05) is 19.6 Å². The number of hydrazone groups is 1. The van der Waals surface area contributed by atoms with Crippen LogP contribution in [0.3, 0.4) is 0 Å². The van der Waals surface area contributed by atoms with Gasteiger partial charge in [-0.3, -0.25) is 5.43 Å². The fourth-order valence-corrected chi connectivity index (χ4v) is 3.44. The summed E-state index contributed by atoms with van der Waals surface area (Å²) in [6.45, 7) is 6.94. The number of aromatic nitrogens is 1. The zero-order valence-electron chi connectivity index (χ0n) is 13.0. The quantitative estimate of drug-likeness (QED) is 0.834. The van der Waals surface area contributed by atoms with Crippen LogP contribution in [0.4, 0.5) is 0 Å². The normalized spacial score (nSPS) is 23.8. The fourth-order valence-electron chi connectivity index (χ4n) is 2.76. The van der Waals surface area contributed by atoms with E-state index in [9.17, 15) is 0 Å². The second kappa shape index (κ2) is 7.39. The zero-order chi connectivity index (χ0) is 16.1. The minimum atomic E-state index is 0.703. The van der Waals surface area contributed by atoms with Crippen LogP contribution in [-0.2, 0) is 0 Å². The Bertz CT molecular complexity index is 682. The molecule has 1 fully saturated rings. The van der Waals surface area contributed by atoms with Gasteiger partial charge in [-0.2, -0.15) is 5.10 Å². The molecule has 2 aliphatic rings. The summed E-state index contributed by atoms with van der Waals surface area (Å²) in [6, 6.07) is 0. The Kier molecular flexibility index (Phi) is 5.05. The average Bonchev–Trinajstić information content (AvgIpc) is 3.21. The van der Waals surface area contributed by atoms with Gasteiger partial charge in [0.1, 0.15) is 5.01 Å². The molecule has 0 aliphatic carbocycles. The number of nitrogens with zero attached hydrogens (tertiary/aromatic N) is 3. The van der Waals surface area contributed by atoms with Crippen molar-refractivity contribution in [3.05, 3.63) is 58.4 Å². The largest absolute Gasteiger partial charge is 0.367 e. The summed E-state index contributed by atoms with van der Waals surface area (Å²) in [6.07, 6.45) is 11.8. The van der Waals surface area contributed by atoms with Gasteiger partial charge in [0.2, 0.25) is 0 Å². The molecule has 0 bridgehead atoms. The van der Waals surface area contributed by atoms with E-state index >= 15 is 0 Å². The van der Waals surface area contributed by atoms with Crippen molar-refractivity contribution >= 4 is 23.1 Å². The van der Waals surface area contributed by atoms with Crippen LogP contribution in [0, 0.1) is 0 Å². The first-order chi connectivity index (χ1) is 11.3. The first-order valence-electron chi connectivity index (χ1n) is 7.71. The number of hydrogen-bond donors (Lipinski definition) is 2. The molecule has 1 aromatic heterocycles. The molecule has 3 heterocycles. The zero-order valence-corrected chi connectivity index (χ0v) is 13.9. The lowest BCUT2D eigenvalue weighted by atomic mass is 10.0. The van der Waals surface area contributed by atoms with Crippen LogP contribution >= 0.6 is 11.3 Å². The molecule has 6 heteroatoms. The minimum absolute atomic E-state index is 0.703. The van der Waals surface area contributed by atoms with Gasteiger partial charge >= 0.3 is 0 Å². The Hall–Kier alpha value is -2.18. The summed E-state index contributed by atoms with van der Waals surface area (Å²) in [7, 11) is 0. The summed E-state index contributed by atoms with van der Waals surface area (Å²) >= 11 is 1.60. The van der Waals surface area contributed by atoms with Gasteiger partial charge in [-0.1, -0.05) is 18.2 Å². The van der Waals surface area contributed by atoms with Gasteiger partial charge in [0.25, 0.3) is 0 Å². The minimum Gasteiger partial charge on any atom is -0.367 e. The van der Waals surface area contributed by atoms with Crippen LogP contribution in [0.5, 0.6) is 0 Å². The van der Waals surface area contributed by atoms with Crippen molar-refractivity contribution in [1.82, 2.24) is 15.3 Å². The lowest BCUT2D eigenvalue weighted by Gasteiger charge is -2.24. The van der Waals surface area contributed by atoms with E-state index in [4.69, 9.17) is 5.73 Å². The first-order valence-corrected chi connectivity index (χ1v) is 8.59. The Morgan fingerprint density at radius 3 is 3.17 bits per heavy atom. The third-order valence-corrected chi connectivity index (χ3v) is 4.73. The van der Waals surface area contributed by atoms with Gasteiger partial charge in [0, 0.05) is 53.9 Å². The molecule has 0 aromatic carbocycles. The van der Waals surface area contributed by atoms with Crippen molar-refractivity contribution in [3.8, 4) is 0 Å². The average molecular weight is 327 g/mol. The summed E-state index contributed by atoms with van der Waals surface area (Å²) in [5, 5.41) is 7.08. The molecular weight excluding hydrogens is 306 g/mol. The smallest absolute Gasteiger partial charge is 0.125 e. The van der Waals surface area contributed by atoms with E-state index < -0.39 is 0 Å². The second-order valence-electron chi connectivity index (χ2n) is 5.44. The maximum atomic E-state index is 5.60. The summed E-state index contributed by atoms with van der Waals surface area (Å²) in [5.41, 5.74) is 13.0. The molecule has 3 N–H and O–H groups in total. The van der Waals surface area contributed by atoms with Crippen LogP contribution in [0.1, 0.15) is 17.8 Å². The van der Waals surface area contributed by atoms with E-state index in [1.807, 2.05) is 23.9 Å². The molecule has 120 valence electrons. The standard InChI is InChI=1S/C17H21N5S/c1-13-15(17-19-8-10-23-17)11-21-20-7-4-16(13)22-9-5-14(12-22)3-2-6-18/h3-4,7-8,10-11,21H,1-2,5-6,9,12,18H2/b14-3-,15-11+,16-4?,20-7-. The van der Waals surface area contributed by atoms with Crippen molar-refractivity contribution in [2.45, 2.75) is 12.8 Å². The lowest BCUT2D eigenvalue weighted by Crippen LogP contribution is -2.21. The highest BCUT2D eigenvalue weighted by Crippen LogP contribution is 2.32. The van der Waals surface area contributed by atoms with Gasteiger partial charge in [0.05, 0.1) is 0 Å². The molecule has 3 rings (SSSR count). The molecule has 2 aliphatic heterocycles. The number of rotatable bonds is 4. The van der Waals surface area contributed by atoms with Gasteiger partial charge < -0.3 is 10.6 Å². The highest BCUT2D eigenvalue weighted by Gasteiger charge is 2.23. The van der Waals surface area contributed by atoms with E-state index in [0.29, 0.717) is 6.54 Å². The lowest BCUT2D eigenvalue weighted by molar-refractivity contribution is 0.444. The van der Waals surface area contributed by atoms with Crippen LogP contribution in [0.2, 0.25) is 0 Å². The van der Waals surface area contributed by atoms with E-state index in [1.165, 1.54) is 5.57 Å². The molecule has 23 heavy (non-hydrogen) atoms. The van der Waals surface area contributed by atoms with E-state index in [2.05, 4.69) is 33.1 Å². The predicted molar refractivity (Wildman–Crippen MR) is 96.9 cm³/mol. The fraction of sp³-hybridized carbons (Fsp3) is 0.294. The van der Waals surface area contributed by atoms with Gasteiger partial charge in [-0.25, -0.2) is 4.98 Å². The predicted octanol–water partition coefficient (Wildman–Crippen LogP) is 2.49. The van der Waals surface area contributed by atoms with Crippen molar-refractivity contribution in [3.63, 3.8) is 0 Å². The second-order valence-corrected chi connectivity index (χ2v) is 6.34. The summed E-state index contributed by atoms with van der Waals surface area (Å²) in [5.74, 6) is 0. The number of thiazole rings is 1.